The van der Waals surface area contributed by atoms with E-state index in [0.29, 0.717) is 6.54 Å². The highest BCUT2D eigenvalue weighted by Crippen LogP contribution is 1.93. The number of hydrogen-bond donors (Lipinski definition) is 3. The number of carbonyl (C=O) groups excluding carboxylic acids is 2. The van der Waals surface area contributed by atoms with Crippen LogP contribution in [0.2, 0.25) is 0 Å². The van der Waals surface area contributed by atoms with Crippen molar-refractivity contribution in [3.63, 3.8) is 0 Å². The molecule has 2 atom stereocenters. The number of carbonyl (C=O) groups is 2. The summed E-state index contributed by atoms with van der Waals surface area (Å²) in [5.41, 5.74) is 0. The quantitative estimate of drug-likeness (QED) is 0.539. The van der Waals surface area contributed by atoms with E-state index in [0.717, 1.165) is 0 Å². The summed E-state index contributed by atoms with van der Waals surface area (Å²) in [7, 11) is 3.33. The lowest BCUT2D eigenvalue weighted by atomic mass is 10.1. The molecule has 0 rings (SSSR count). The largest absolute Gasteiger partial charge is 0.357 e. The molecular weight excluding hydrogens is 182 g/mol. The molecule has 0 aliphatic rings. The molecule has 0 aliphatic carbocycles. The number of rotatable bonds is 5. The van der Waals surface area contributed by atoms with Gasteiger partial charge in [0.15, 0.2) is 0 Å². The van der Waals surface area contributed by atoms with Gasteiger partial charge in [-0.25, -0.2) is 0 Å². The topological polar surface area (TPSA) is 70.2 Å². The Balaban J connectivity index is 3.98. The smallest absolute Gasteiger partial charge is 0.242 e. The maximum Gasteiger partial charge on any atom is 0.242 e. The maximum atomic E-state index is 11.4. The summed E-state index contributed by atoms with van der Waals surface area (Å²) in [5.74, 6) is -0.433. The second kappa shape index (κ2) is 6.37. The Morgan fingerprint density at radius 3 is 2.14 bits per heavy atom. The van der Waals surface area contributed by atoms with Crippen molar-refractivity contribution in [1.82, 2.24) is 16.0 Å². The average Bonchev–Trinajstić information content (AvgIpc) is 2.16. The van der Waals surface area contributed by atoms with Crippen LogP contribution in [0, 0.1) is 5.92 Å². The highest BCUT2D eigenvalue weighted by Gasteiger charge is 2.17. The fourth-order valence-corrected chi connectivity index (χ4v) is 1.04. The first kappa shape index (κ1) is 12.9. The van der Waals surface area contributed by atoms with E-state index in [1.54, 1.807) is 21.0 Å². The normalized spacial score (nSPS) is 14.3. The minimum Gasteiger partial charge on any atom is -0.357 e. The van der Waals surface area contributed by atoms with Gasteiger partial charge in [-0.1, -0.05) is 6.92 Å². The van der Waals surface area contributed by atoms with Gasteiger partial charge in [0.2, 0.25) is 11.8 Å². The van der Waals surface area contributed by atoms with Crippen molar-refractivity contribution in [2.45, 2.75) is 19.9 Å². The molecule has 5 heteroatoms. The van der Waals surface area contributed by atoms with Crippen molar-refractivity contribution >= 4 is 11.8 Å². The van der Waals surface area contributed by atoms with E-state index in [1.807, 2.05) is 6.92 Å². The van der Waals surface area contributed by atoms with E-state index in [1.165, 1.54) is 0 Å². The van der Waals surface area contributed by atoms with E-state index in [4.69, 9.17) is 0 Å². The molecule has 0 fully saturated rings. The third-order valence-electron chi connectivity index (χ3n) is 1.96. The van der Waals surface area contributed by atoms with Gasteiger partial charge in [0.25, 0.3) is 0 Å². The predicted molar refractivity (Wildman–Crippen MR) is 54.8 cm³/mol. The lowest BCUT2D eigenvalue weighted by Gasteiger charge is -2.15. The maximum absolute atomic E-state index is 11.4. The summed E-state index contributed by atoms with van der Waals surface area (Å²) in [6, 6.07) is -0.480. The third-order valence-corrected chi connectivity index (χ3v) is 1.96. The molecule has 0 radical (unpaired) electrons. The highest BCUT2D eigenvalue weighted by molar-refractivity contribution is 5.87. The van der Waals surface area contributed by atoms with E-state index in [2.05, 4.69) is 16.0 Å². The van der Waals surface area contributed by atoms with Crippen LogP contribution >= 0.6 is 0 Å². The van der Waals surface area contributed by atoms with Gasteiger partial charge in [0.1, 0.15) is 6.04 Å². The molecule has 2 amide bonds. The van der Waals surface area contributed by atoms with Gasteiger partial charge in [-0.3, -0.25) is 9.59 Å². The van der Waals surface area contributed by atoms with Gasteiger partial charge in [-0.05, 0) is 14.0 Å². The molecule has 0 aromatic carbocycles. The minimum atomic E-state index is -0.480. The van der Waals surface area contributed by atoms with Gasteiger partial charge in [-0.15, -0.1) is 0 Å². The lowest BCUT2D eigenvalue weighted by molar-refractivity contribution is -0.130. The van der Waals surface area contributed by atoms with Crippen LogP contribution < -0.4 is 16.0 Å². The Morgan fingerprint density at radius 1 is 1.14 bits per heavy atom. The zero-order valence-electron chi connectivity index (χ0n) is 9.18. The van der Waals surface area contributed by atoms with Gasteiger partial charge in [0, 0.05) is 19.5 Å². The molecule has 5 nitrogen and oxygen atoms in total. The molecule has 0 spiro atoms. The van der Waals surface area contributed by atoms with Crippen LogP contribution in [0.25, 0.3) is 0 Å². The first-order chi connectivity index (χ1) is 6.52. The van der Waals surface area contributed by atoms with Crippen molar-refractivity contribution < 1.29 is 9.59 Å². The Bertz CT molecular complexity index is 206. The van der Waals surface area contributed by atoms with Crippen molar-refractivity contribution in [3.8, 4) is 0 Å². The third kappa shape index (κ3) is 4.23. The summed E-state index contributed by atoms with van der Waals surface area (Å²) < 4.78 is 0. The van der Waals surface area contributed by atoms with E-state index in [9.17, 15) is 9.59 Å². The highest BCUT2D eigenvalue weighted by atomic mass is 16.2. The monoisotopic (exact) mass is 201 g/mol. The van der Waals surface area contributed by atoms with Crippen LogP contribution in [0.4, 0.5) is 0 Å². The van der Waals surface area contributed by atoms with Crippen LogP contribution in [-0.4, -0.2) is 38.5 Å². The van der Waals surface area contributed by atoms with Gasteiger partial charge in [-0.2, -0.15) is 0 Å². The van der Waals surface area contributed by atoms with Gasteiger partial charge >= 0.3 is 0 Å². The van der Waals surface area contributed by atoms with E-state index in [-0.39, 0.29) is 17.7 Å². The van der Waals surface area contributed by atoms with Crippen molar-refractivity contribution in [2.24, 2.45) is 5.92 Å². The molecule has 0 saturated heterocycles. The molecule has 2 unspecified atom stereocenters. The van der Waals surface area contributed by atoms with Gasteiger partial charge in [0.05, 0.1) is 0 Å². The zero-order chi connectivity index (χ0) is 11.1. The fourth-order valence-electron chi connectivity index (χ4n) is 1.04. The van der Waals surface area contributed by atoms with E-state index >= 15 is 0 Å². The molecule has 0 aromatic heterocycles. The van der Waals surface area contributed by atoms with Crippen molar-refractivity contribution in [3.05, 3.63) is 0 Å². The molecule has 0 aromatic rings. The summed E-state index contributed by atoms with van der Waals surface area (Å²) in [4.78, 5) is 22.5. The standard InChI is InChI=1S/C9H19N3O2/c1-6(5-10-3)8(13)12-7(2)9(14)11-4/h6-7,10H,5H2,1-4H3,(H,11,14)(H,12,13). The Hall–Kier alpha value is -1.10. The SMILES string of the molecule is CNCC(C)C(=O)NC(C)C(=O)NC. The summed E-state index contributed by atoms with van der Waals surface area (Å²) in [5, 5.41) is 8.00. The molecule has 0 bridgehead atoms. The number of nitrogens with one attached hydrogen (secondary N) is 3. The van der Waals surface area contributed by atoms with Crippen LogP contribution in [0.5, 0.6) is 0 Å². The first-order valence-electron chi connectivity index (χ1n) is 4.69. The molecule has 3 N–H and O–H groups in total. The molecule has 0 saturated carbocycles. The summed E-state index contributed by atoms with van der Waals surface area (Å²) >= 11 is 0. The van der Waals surface area contributed by atoms with Crippen molar-refractivity contribution in [2.75, 3.05) is 20.6 Å². The number of likely N-dealkylation sites (N-methyl/N-ethyl adjacent to an activating group) is 1. The molecule has 82 valence electrons. The Kier molecular flexibility index (Phi) is 5.87. The number of hydrogen-bond acceptors (Lipinski definition) is 3. The van der Waals surface area contributed by atoms with Crippen LogP contribution in [0.1, 0.15) is 13.8 Å². The molecular formula is C9H19N3O2. The van der Waals surface area contributed by atoms with E-state index < -0.39 is 6.04 Å². The second-order valence-electron chi connectivity index (χ2n) is 3.30. The number of amides is 2. The first-order valence-corrected chi connectivity index (χ1v) is 4.69. The predicted octanol–water partition coefficient (Wildman–Crippen LogP) is -0.907. The van der Waals surface area contributed by atoms with Crippen LogP contribution in [0.15, 0.2) is 0 Å². The molecule has 14 heavy (non-hydrogen) atoms. The molecule has 0 heterocycles. The summed E-state index contributed by atoms with van der Waals surface area (Å²) in [6.45, 7) is 4.07. The lowest BCUT2D eigenvalue weighted by Crippen LogP contribution is -2.46. The Labute approximate surface area is 84.6 Å². The van der Waals surface area contributed by atoms with Crippen LogP contribution in [0.3, 0.4) is 0 Å². The fraction of sp³-hybridized carbons (Fsp3) is 0.778. The zero-order valence-corrected chi connectivity index (χ0v) is 9.18. The molecule has 0 aliphatic heterocycles. The van der Waals surface area contributed by atoms with Gasteiger partial charge < -0.3 is 16.0 Å². The second-order valence-corrected chi connectivity index (χ2v) is 3.30. The summed E-state index contributed by atoms with van der Waals surface area (Å²) in [6.07, 6.45) is 0. The average molecular weight is 201 g/mol. The Morgan fingerprint density at radius 2 is 1.71 bits per heavy atom. The minimum absolute atomic E-state index is 0.115. The van der Waals surface area contributed by atoms with Crippen LogP contribution in [-0.2, 0) is 9.59 Å². The van der Waals surface area contributed by atoms with Crippen molar-refractivity contribution in [1.29, 1.82) is 0 Å².